The molecule has 0 amide bonds. The molecule has 7 heteroatoms. The first-order chi connectivity index (χ1) is 19.0. The smallest absolute Gasteiger partial charge is 0.261 e. The van der Waals surface area contributed by atoms with Crippen LogP contribution in [0.4, 0.5) is 0 Å². The molecule has 2 aliphatic rings. The van der Waals surface area contributed by atoms with Crippen molar-refractivity contribution in [2.45, 2.75) is 94.9 Å². The van der Waals surface area contributed by atoms with Gasteiger partial charge in [-0.05, 0) is 42.1 Å². The Labute approximate surface area is 241 Å². The van der Waals surface area contributed by atoms with Gasteiger partial charge < -0.3 is 28.5 Å². The zero-order valence-corrected chi connectivity index (χ0v) is 25.7. The Bertz CT molecular complexity index is 1080. The summed E-state index contributed by atoms with van der Waals surface area (Å²) in [6.07, 6.45) is 2.67. The van der Waals surface area contributed by atoms with Crippen molar-refractivity contribution in [1.29, 1.82) is 0 Å². The van der Waals surface area contributed by atoms with Gasteiger partial charge in [0.05, 0.1) is 13.2 Å². The molecule has 2 aromatic carbocycles. The van der Waals surface area contributed by atoms with Crippen LogP contribution in [-0.4, -0.2) is 62.6 Å². The summed E-state index contributed by atoms with van der Waals surface area (Å²) in [5.74, 6) is -0.902. The van der Waals surface area contributed by atoms with Crippen LogP contribution in [0.5, 0.6) is 0 Å². The standard InChI is InChI=1S/C33H46O6Si/c1-8-10-17-23-35-30-33(34,22-9-2)29-28(38-32(6,7)39-29)27(37-30)24-36-40(31(3,4)5,25-18-13-11-14-19-25)26-20-15-12-16-21-26/h8-9,11-16,18-21,27-30,34H,1-2,10,17,22-24H2,3-7H3/t27-,28+,29+,30-,33+/m1/s1. The Hall–Kier alpha value is -2.10. The van der Waals surface area contributed by atoms with E-state index in [4.69, 9.17) is 23.4 Å². The van der Waals surface area contributed by atoms with Crippen molar-refractivity contribution in [3.05, 3.63) is 86.0 Å². The minimum atomic E-state index is -2.83. The van der Waals surface area contributed by atoms with Gasteiger partial charge in [-0.15, -0.1) is 13.2 Å². The SMILES string of the molecule is C=CCCCO[C@@H]1O[C@H](CO[Si](c2ccccc2)(c2ccccc2)C(C)(C)C)[C@@H]2OC(C)(C)O[C@@H]2[C@@]1(O)CC=C. The molecule has 2 saturated heterocycles. The minimum absolute atomic E-state index is 0.194. The van der Waals surface area contributed by atoms with Crippen LogP contribution in [0, 0.1) is 0 Å². The molecule has 2 fully saturated rings. The number of allylic oxidation sites excluding steroid dienone is 1. The van der Waals surface area contributed by atoms with Crippen molar-refractivity contribution < 1.29 is 28.5 Å². The lowest BCUT2D eigenvalue weighted by atomic mass is 9.84. The summed E-state index contributed by atoms with van der Waals surface area (Å²) >= 11 is 0. The van der Waals surface area contributed by atoms with E-state index in [9.17, 15) is 5.11 Å². The van der Waals surface area contributed by atoms with Crippen molar-refractivity contribution in [2.24, 2.45) is 0 Å². The summed E-state index contributed by atoms with van der Waals surface area (Å²) in [6.45, 7) is 18.8. The van der Waals surface area contributed by atoms with E-state index in [0.717, 1.165) is 12.8 Å². The van der Waals surface area contributed by atoms with Gasteiger partial charge in [0.2, 0.25) is 0 Å². The molecule has 0 spiro atoms. The molecule has 4 rings (SSSR count). The molecular formula is C33H46O6Si. The van der Waals surface area contributed by atoms with Crippen LogP contribution in [0.3, 0.4) is 0 Å². The topological polar surface area (TPSA) is 66.4 Å². The Morgan fingerprint density at radius 1 is 0.950 bits per heavy atom. The van der Waals surface area contributed by atoms with Crippen molar-refractivity contribution in [1.82, 2.24) is 0 Å². The largest absolute Gasteiger partial charge is 0.405 e. The average Bonchev–Trinajstić information content (AvgIpc) is 3.26. The molecule has 0 radical (unpaired) electrons. The van der Waals surface area contributed by atoms with Crippen LogP contribution in [0.2, 0.25) is 5.04 Å². The molecule has 2 aliphatic heterocycles. The molecule has 1 N–H and O–H groups in total. The summed E-state index contributed by atoms with van der Waals surface area (Å²) < 4.78 is 32.7. The van der Waals surface area contributed by atoms with E-state index < -0.39 is 44.3 Å². The lowest BCUT2D eigenvalue weighted by Gasteiger charge is -2.49. The van der Waals surface area contributed by atoms with E-state index in [1.807, 2.05) is 32.1 Å². The first-order valence-corrected chi connectivity index (χ1v) is 16.2. The molecule has 0 bridgehead atoms. The minimum Gasteiger partial charge on any atom is -0.405 e. The van der Waals surface area contributed by atoms with Gasteiger partial charge in [0.25, 0.3) is 8.32 Å². The fraction of sp³-hybridized carbons (Fsp3) is 0.515. The summed E-state index contributed by atoms with van der Waals surface area (Å²) in [6, 6.07) is 21.0. The lowest BCUT2D eigenvalue weighted by Crippen LogP contribution is -2.69. The first kappa shape index (κ1) is 30.8. The molecule has 2 heterocycles. The highest BCUT2D eigenvalue weighted by atomic mass is 28.4. The molecule has 0 aliphatic carbocycles. The van der Waals surface area contributed by atoms with Gasteiger partial charge in [0.1, 0.15) is 23.9 Å². The van der Waals surface area contributed by atoms with Gasteiger partial charge in [0.15, 0.2) is 12.1 Å². The number of ether oxygens (including phenoxy) is 4. The summed E-state index contributed by atoms with van der Waals surface area (Å²) in [7, 11) is -2.83. The number of hydrogen-bond acceptors (Lipinski definition) is 6. The molecule has 2 aromatic rings. The van der Waals surface area contributed by atoms with Crippen LogP contribution in [0.15, 0.2) is 86.0 Å². The second-order valence-electron chi connectivity index (χ2n) is 12.3. The zero-order valence-electron chi connectivity index (χ0n) is 24.7. The van der Waals surface area contributed by atoms with Crippen molar-refractivity contribution >= 4 is 18.7 Å². The molecule has 0 aromatic heterocycles. The van der Waals surface area contributed by atoms with Gasteiger partial charge in [-0.2, -0.15) is 0 Å². The third-order valence-corrected chi connectivity index (χ3v) is 12.9. The zero-order chi connectivity index (χ0) is 29.0. The van der Waals surface area contributed by atoms with Crippen LogP contribution < -0.4 is 10.4 Å². The fourth-order valence-electron chi connectivity index (χ4n) is 6.08. The van der Waals surface area contributed by atoms with Crippen LogP contribution >= 0.6 is 0 Å². The number of benzene rings is 2. The molecule has 6 nitrogen and oxygen atoms in total. The van der Waals surface area contributed by atoms with Crippen LogP contribution in [0.1, 0.15) is 53.9 Å². The number of fused-ring (bicyclic) bond motifs is 1. The highest BCUT2D eigenvalue weighted by molar-refractivity contribution is 6.99. The quantitative estimate of drug-likeness (QED) is 0.219. The van der Waals surface area contributed by atoms with E-state index in [1.165, 1.54) is 10.4 Å². The number of aliphatic hydroxyl groups is 1. The summed E-state index contributed by atoms with van der Waals surface area (Å²) in [4.78, 5) is 0. The second-order valence-corrected chi connectivity index (χ2v) is 16.6. The van der Waals surface area contributed by atoms with Crippen molar-refractivity contribution in [3.63, 3.8) is 0 Å². The Morgan fingerprint density at radius 2 is 1.55 bits per heavy atom. The Kier molecular flexibility index (Phi) is 9.57. The van der Waals surface area contributed by atoms with E-state index in [1.54, 1.807) is 6.08 Å². The predicted molar refractivity (Wildman–Crippen MR) is 161 cm³/mol. The predicted octanol–water partition coefficient (Wildman–Crippen LogP) is 5.10. The van der Waals surface area contributed by atoms with Crippen molar-refractivity contribution in [3.8, 4) is 0 Å². The molecular weight excluding hydrogens is 520 g/mol. The van der Waals surface area contributed by atoms with E-state index >= 15 is 0 Å². The third-order valence-electron chi connectivity index (χ3n) is 7.87. The maximum absolute atomic E-state index is 11.9. The maximum atomic E-state index is 11.9. The third kappa shape index (κ3) is 6.07. The monoisotopic (exact) mass is 566 g/mol. The van der Waals surface area contributed by atoms with Gasteiger partial charge in [-0.3, -0.25) is 0 Å². The molecule has 40 heavy (non-hydrogen) atoms. The molecule has 0 unspecified atom stereocenters. The molecule has 5 atom stereocenters. The summed E-state index contributed by atoms with van der Waals surface area (Å²) in [5, 5.41) is 14.1. The van der Waals surface area contributed by atoms with E-state index in [-0.39, 0.29) is 18.1 Å². The number of hydrogen-bond donors (Lipinski definition) is 1. The molecule has 218 valence electrons. The van der Waals surface area contributed by atoms with Gasteiger partial charge in [-0.1, -0.05) is 93.6 Å². The van der Waals surface area contributed by atoms with Gasteiger partial charge in [0, 0.05) is 6.42 Å². The first-order valence-electron chi connectivity index (χ1n) is 14.3. The summed E-state index contributed by atoms with van der Waals surface area (Å²) in [5.41, 5.74) is -1.46. The van der Waals surface area contributed by atoms with Gasteiger partial charge >= 0.3 is 0 Å². The second kappa shape index (κ2) is 12.4. The lowest BCUT2D eigenvalue weighted by molar-refractivity contribution is -0.322. The van der Waals surface area contributed by atoms with E-state index in [2.05, 4.69) is 82.5 Å². The highest BCUT2D eigenvalue weighted by Gasteiger charge is 2.63. The Balaban J connectivity index is 1.71. The van der Waals surface area contributed by atoms with Crippen molar-refractivity contribution in [2.75, 3.05) is 13.2 Å². The maximum Gasteiger partial charge on any atom is 0.261 e. The highest BCUT2D eigenvalue weighted by Crippen LogP contribution is 2.45. The average molecular weight is 567 g/mol. The number of unbranched alkanes of at least 4 members (excludes halogenated alkanes) is 1. The van der Waals surface area contributed by atoms with Gasteiger partial charge in [-0.25, -0.2) is 0 Å². The van der Waals surface area contributed by atoms with Crippen LogP contribution in [0.25, 0.3) is 0 Å². The fourth-order valence-corrected chi connectivity index (χ4v) is 10.7. The Morgan fingerprint density at radius 3 is 2.08 bits per heavy atom. The number of rotatable bonds is 12. The van der Waals surface area contributed by atoms with E-state index in [0.29, 0.717) is 6.61 Å². The molecule has 0 saturated carbocycles. The normalized spacial score (nSPS) is 28.1. The van der Waals surface area contributed by atoms with Crippen LogP contribution in [-0.2, 0) is 23.4 Å².